The van der Waals surface area contributed by atoms with E-state index in [-0.39, 0.29) is 23.1 Å². The number of nitrogens with zero attached hydrogens (tertiary/aromatic N) is 1. The van der Waals surface area contributed by atoms with Crippen molar-refractivity contribution in [2.24, 2.45) is 5.14 Å². The lowest BCUT2D eigenvalue weighted by Gasteiger charge is -2.20. The molecular weight excluding hydrogens is 342 g/mol. The molecule has 0 unspecified atom stereocenters. The molecule has 7 nitrogen and oxygen atoms in total. The van der Waals surface area contributed by atoms with Gasteiger partial charge in [-0.2, -0.15) is 0 Å². The summed E-state index contributed by atoms with van der Waals surface area (Å²) in [5, 5.41) is 7.85. The molecule has 8 heteroatoms. The van der Waals surface area contributed by atoms with E-state index < -0.39 is 10.0 Å². The molecule has 0 saturated carbocycles. The number of nitrogens with two attached hydrogens (primary N) is 1. The molecule has 3 N–H and O–H groups in total. The fourth-order valence-electron chi connectivity index (χ4n) is 2.29. The summed E-state index contributed by atoms with van der Waals surface area (Å²) in [6.45, 7) is 5.11. The SMILES string of the molecule is CCCCN(CCC(=O)NCCc1ccc(S(N)(=O)=O)cc1)C(C)=O. The van der Waals surface area contributed by atoms with E-state index in [0.29, 0.717) is 26.1 Å². The number of sulfonamides is 1. The van der Waals surface area contributed by atoms with Gasteiger partial charge in [-0.1, -0.05) is 25.5 Å². The first-order valence-electron chi connectivity index (χ1n) is 8.38. The smallest absolute Gasteiger partial charge is 0.238 e. The lowest BCUT2D eigenvalue weighted by atomic mass is 10.1. The van der Waals surface area contributed by atoms with Crippen molar-refractivity contribution in [3.63, 3.8) is 0 Å². The van der Waals surface area contributed by atoms with Crippen molar-refractivity contribution in [3.8, 4) is 0 Å². The predicted molar refractivity (Wildman–Crippen MR) is 96.3 cm³/mol. The van der Waals surface area contributed by atoms with E-state index in [0.717, 1.165) is 18.4 Å². The van der Waals surface area contributed by atoms with Gasteiger partial charge in [0.2, 0.25) is 21.8 Å². The molecule has 0 aliphatic heterocycles. The summed E-state index contributed by atoms with van der Waals surface area (Å²) in [6.07, 6.45) is 2.78. The number of unbranched alkanes of at least 4 members (excludes halogenated alkanes) is 1. The molecule has 0 aliphatic rings. The predicted octanol–water partition coefficient (Wildman–Crippen LogP) is 1.03. The van der Waals surface area contributed by atoms with Gasteiger partial charge < -0.3 is 10.2 Å². The Hall–Kier alpha value is -1.93. The first-order chi connectivity index (χ1) is 11.7. The summed E-state index contributed by atoms with van der Waals surface area (Å²) in [5.41, 5.74) is 0.904. The monoisotopic (exact) mass is 369 g/mol. The highest BCUT2D eigenvalue weighted by atomic mass is 32.2. The van der Waals surface area contributed by atoms with E-state index in [2.05, 4.69) is 12.2 Å². The Kier molecular flexibility index (Phi) is 8.57. The third kappa shape index (κ3) is 8.13. The van der Waals surface area contributed by atoms with Crippen LogP contribution in [0.15, 0.2) is 29.2 Å². The van der Waals surface area contributed by atoms with Crippen LogP contribution in [0.3, 0.4) is 0 Å². The molecule has 0 spiro atoms. The quantitative estimate of drug-likeness (QED) is 0.642. The number of rotatable bonds is 10. The van der Waals surface area contributed by atoms with E-state index in [1.54, 1.807) is 17.0 Å². The normalized spacial score (nSPS) is 11.2. The van der Waals surface area contributed by atoms with Crippen molar-refractivity contribution in [1.29, 1.82) is 0 Å². The first kappa shape index (κ1) is 21.1. The van der Waals surface area contributed by atoms with Crippen molar-refractivity contribution >= 4 is 21.8 Å². The van der Waals surface area contributed by atoms with Crippen LogP contribution in [0.2, 0.25) is 0 Å². The van der Waals surface area contributed by atoms with Gasteiger partial charge in [-0.25, -0.2) is 13.6 Å². The molecule has 0 saturated heterocycles. The Balaban J connectivity index is 2.35. The van der Waals surface area contributed by atoms with Crippen LogP contribution >= 0.6 is 0 Å². The molecule has 0 fully saturated rings. The molecule has 1 rings (SSSR count). The summed E-state index contributed by atoms with van der Waals surface area (Å²) in [5.74, 6) is -0.125. The zero-order valence-electron chi connectivity index (χ0n) is 14.8. The molecule has 0 radical (unpaired) electrons. The van der Waals surface area contributed by atoms with Crippen LogP contribution in [0.4, 0.5) is 0 Å². The molecule has 0 heterocycles. The van der Waals surface area contributed by atoms with Gasteiger partial charge in [0.05, 0.1) is 4.90 Å². The summed E-state index contributed by atoms with van der Waals surface area (Å²) < 4.78 is 22.4. The fourth-order valence-corrected chi connectivity index (χ4v) is 2.81. The van der Waals surface area contributed by atoms with Crippen molar-refractivity contribution in [3.05, 3.63) is 29.8 Å². The minimum absolute atomic E-state index is 0.0174. The summed E-state index contributed by atoms with van der Waals surface area (Å²) >= 11 is 0. The third-order valence-corrected chi connectivity index (χ3v) is 4.75. The second-order valence-corrected chi connectivity index (χ2v) is 7.46. The largest absolute Gasteiger partial charge is 0.356 e. The highest BCUT2D eigenvalue weighted by Gasteiger charge is 2.10. The van der Waals surface area contributed by atoms with Gasteiger partial charge >= 0.3 is 0 Å². The molecule has 2 amide bonds. The second kappa shape index (κ2) is 10.1. The second-order valence-electron chi connectivity index (χ2n) is 5.90. The maximum Gasteiger partial charge on any atom is 0.238 e. The van der Waals surface area contributed by atoms with Crippen LogP contribution < -0.4 is 10.5 Å². The number of hydrogen-bond acceptors (Lipinski definition) is 4. The maximum absolute atomic E-state index is 11.9. The Bertz CT molecular complexity index is 672. The molecule has 0 bridgehead atoms. The average Bonchev–Trinajstić information content (AvgIpc) is 2.54. The third-order valence-electron chi connectivity index (χ3n) is 3.82. The van der Waals surface area contributed by atoms with Crippen molar-refractivity contribution < 1.29 is 18.0 Å². The van der Waals surface area contributed by atoms with Crippen LogP contribution in [-0.2, 0) is 26.0 Å². The van der Waals surface area contributed by atoms with E-state index in [4.69, 9.17) is 5.14 Å². The zero-order chi connectivity index (χ0) is 18.9. The molecule has 0 aliphatic carbocycles. The lowest BCUT2D eigenvalue weighted by molar-refractivity contribution is -0.129. The van der Waals surface area contributed by atoms with Crippen molar-refractivity contribution in [1.82, 2.24) is 10.2 Å². The van der Waals surface area contributed by atoms with Crippen LogP contribution in [0, 0.1) is 0 Å². The number of primary sulfonamides is 1. The Morgan fingerprint density at radius 2 is 1.80 bits per heavy atom. The molecule has 25 heavy (non-hydrogen) atoms. The van der Waals surface area contributed by atoms with Gasteiger partial charge in [0, 0.05) is 33.0 Å². The molecule has 0 aromatic heterocycles. The number of nitrogens with one attached hydrogen (secondary N) is 1. The first-order valence-corrected chi connectivity index (χ1v) is 9.92. The number of carbonyl (C=O) groups excluding carboxylic acids is 2. The molecule has 1 aromatic rings. The van der Waals surface area contributed by atoms with Crippen molar-refractivity contribution in [2.75, 3.05) is 19.6 Å². The lowest BCUT2D eigenvalue weighted by Crippen LogP contribution is -2.35. The number of hydrogen-bond donors (Lipinski definition) is 2. The minimum Gasteiger partial charge on any atom is -0.356 e. The van der Waals surface area contributed by atoms with Gasteiger partial charge in [-0.15, -0.1) is 0 Å². The van der Waals surface area contributed by atoms with Gasteiger partial charge in [0.1, 0.15) is 0 Å². The summed E-state index contributed by atoms with van der Waals surface area (Å²) in [4.78, 5) is 25.1. The van der Waals surface area contributed by atoms with Gasteiger partial charge in [0.25, 0.3) is 0 Å². The van der Waals surface area contributed by atoms with E-state index in [1.807, 2.05) is 0 Å². The number of amides is 2. The summed E-state index contributed by atoms with van der Waals surface area (Å²) in [7, 11) is -3.68. The van der Waals surface area contributed by atoms with Crippen LogP contribution in [-0.4, -0.2) is 44.8 Å². The standard InChI is InChI=1S/C17H27N3O4S/c1-3-4-12-20(14(2)21)13-10-17(22)19-11-9-15-5-7-16(8-6-15)25(18,23)24/h5-8H,3-4,9-13H2,1-2H3,(H,19,22)(H2,18,23,24). The van der Waals surface area contributed by atoms with Gasteiger partial charge in [0.15, 0.2) is 0 Å². The zero-order valence-corrected chi connectivity index (χ0v) is 15.6. The van der Waals surface area contributed by atoms with E-state index in [9.17, 15) is 18.0 Å². The van der Waals surface area contributed by atoms with Crippen LogP contribution in [0.25, 0.3) is 0 Å². The molecular formula is C17H27N3O4S. The Morgan fingerprint density at radius 3 is 2.32 bits per heavy atom. The molecule has 140 valence electrons. The van der Waals surface area contributed by atoms with Crippen LogP contribution in [0.5, 0.6) is 0 Å². The minimum atomic E-state index is -3.68. The van der Waals surface area contributed by atoms with E-state index >= 15 is 0 Å². The average molecular weight is 369 g/mol. The van der Waals surface area contributed by atoms with E-state index in [1.165, 1.54) is 19.1 Å². The highest BCUT2D eigenvalue weighted by molar-refractivity contribution is 7.89. The Labute approximate surface area is 149 Å². The number of benzene rings is 1. The Morgan fingerprint density at radius 1 is 1.16 bits per heavy atom. The fraction of sp³-hybridized carbons (Fsp3) is 0.529. The maximum atomic E-state index is 11.9. The molecule has 0 atom stereocenters. The molecule has 1 aromatic carbocycles. The highest BCUT2D eigenvalue weighted by Crippen LogP contribution is 2.09. The van der Waals surface area contributed by atoms with Crippen molar-refractivity contribution in [2.45, 2.75) is 44.4 Å². The van der Waals surface area contributed by atoms with Gasteiger partial charge in [-0.3, -0.25) is 9.59 Å². The topological polar surface area (TPSA) is 110 Å². The summed E-state index contributed by atoms with van der Waals surface area (Å²) in [6, 6.07) is 6.25. The van der Waals surface area contributed by atoms with Crippen LogP contribution in [0.1, 0.15) is 38.7 Å². The number of carbonyl (C=O) groups is 2. The van der Waals surface area contributed by atoms with Gasteiger partial charge in [-0.05, 0) is 30.5 Å².